The Morgan fingerprint density at radius 2 is 1.77 bits per heavy atom. The fourth-order valence-electron chi connectivity index (χ4n) is 3.44. The molecule has 1 aromatic heterocycles. The Morgan fingerprint density at radius 3 is 2.53 bits per heavy atom. The number of para-hydroxylation sites is 1. The fourth-order valence-corrected chi connectivity index (χ4v) is 3.44. The molecule has 4 aromatic rings. The molecule has 4 rings (SSSR count). The molecule has 0 fully saturated rings. The number of methoxy groups -OCH3 is 1. The first kappa shape index (κ1) is 19.6. The van der Waals surface area contributed by atoms with Crippen LogP contribution in [0.25, 0.3) is 22.2 Å². The fraction of sp³-hybridized carbons (Fsp3) is 0.120. The number of pyridine rings is 1. The third-order valence-electron chi connectivity index (χ3n) is 4.99. The molecule has 0 spiro atoms. The molecule has 0 aliphatic carbocycles. The van der Waals surface area contributed by atoms with Crippen molar-refractivity contribution in [2.75, 3.05) is 14.2 Å². The van der Waals surface area contributed by atoms with Gasteiger partial charge in [0.25, 0.3) is 5.91 Å². The van der Waals surface area contributed by atoms with Crippen molar-refractivity contribution in [2.45, 2.75) is 6.54 Å². The number of fused-ring (bicyclic) bond motifs is 1. The molecular formula is C25H21FN2O2. The van der Waals surface area contributed by atoms with E-state index in [1.54, 1.807) is 37.3 Å². The van der Waals surface area contributed by atoms with Crippen LogP contribution in [0.5, 0.6) is 5.75 Å². The van der Waals surface area contributed by atoms with Gasteiger partial charge in [0.2, 0.25) is 0 Å². The maximum Gasteiger partial charge on any atom is 0.254 e. The van der Waals surface area contributed by atoms with E-state index in [2.05, 4.69) is 4.98 Å². The molecule has 0 atom stereocenters. The van der Waals surface area contributed by atoms with Gasteiger partial charge in [0.05, 0.1) is 23.9 Å². The normalized spacial score (nSPS) is 10.8. The number of ether oxygens (including phenoxy) is 1. The zero-order valence-electron chi connectivity index (χ0n) is 16.8. The van der Waals surface area contributed by atoms with E-state index in [1.165, 1.54) is 12.1 Å². The first-order chi connectivity index (χ1) is 14.5. The highest BCUT2D eigenvalue weighted by atomic mass is 19.1. The quantitative estimate of drug-likeness (QED) is 0.455. The number of amides is 1. The Labute approximate surface area is 174 Å². The summed E-state index contributed by atoms with van der Waals surface area (Å²) in [7, 11) is 3.39. The second kappa shape index (κ2) is 8.33. The average Bonchev–Trinajstić information content (AvgIpc) is 2.78. The molecule has 30 heavy (non-hydrogen) atoms. The molecule has 0 saturated heterocycles. The first-order valence-corrected chi connectivity index (χ1v) is 9.59. The Bertz CT molecular complexity index is 1210. The van der Waals surface area contributed by atoms with Gasteiger partial charge in [-0.15, -0.1) is 0 Å². The number of hydrogen-bond acceptors (Lipinski definition) is 3. The van der Waals surface area contributed by atoms with Gasteiger partial charge in [-0.05, 0) is 54.1 Å². The van der Waals surface area contributed by atoms with Crippen LogP contribution in [-0.2, 0) is 6.54 Å². The molecule has 0 unspecified atom stereocenters. The molecule has 1 amide bonds. The van der Waals surface area contributed by atoms with Crippen molar-refractivity contribution in [2.24, 2.45) is 0 Å². The lowest BCUT2D eigenvalue weighted by Crippen LogP contribution is -2.26. The van der Waals surface area contributed by atoms with Crippen molar-refractivity contribution in [3.8, 4) is 17.0 Å². The van der Waals surface area contributed by atoms with Crippen molar-refractivity contribution >= 4 is 16.8 Å². The summed E-state index contributed by atoms with van der Waals surface area (Å²) in [5, 5.41) is 0.783. The highest BCUT2D eigenvalue weighted by Crippen LogP contribution is 2.26. The Balaban J connectivity index is 1.72. The van der Waals surface area contributed by atoms with Crippen molar-refractivity contribution in [3.05, 3.63) is 95.8 Å². The molecule has 0 bridgehead atoms. The van der Waals surface area contributed by atoms with Gasteiger partial charge in [-0.1, -0.05) is 30.3 Å². The van der Waals surface area contributed by atoms with Gasteiger partial charge in [-0.2, -0.15) is 0 Å². The molecule has 0 radical (unpaired) electrons. The molecule has 0 saturated carbocycles. The van der Waals surface area contributed by atoms with Crippen LogP contribution in [0.3, 0.4) is 0 Å². The van der Waals surface area contributed by atoms with Gasteiger partial charge in [0.15, 0.2) is 0 Å². The van der Waals surface area contributed by atoms with E-state index >= 15 is 0 Å². The van der Waals surface area contributed by atoms with Gasteiger partial charge in [-0.25, -0.2) is 9.37 Å². The molecule has 3 aromatic carbocycles. The largest absolute Gasteiger partial charge is 0.497 e. The molecule has 0 N–H and O–H groups in total. The van der Waals surface area contributed by atoms with Crippen molar-refractivity contribution in [1.82, 2.24) is 9.88 Å². The molecule has 5 heteroatoms. The predicted molar refractivity (Wildman–Crippen MR) is 116 cm³/mol. The van der Waals surface area contributed by atoms with Crippen LogP contribution in [0.1, 0.15) is 15.9 Å². The van der Waals surface area contributed by atoms with Crippen LogP contribution >= 0.6 is 0 Å². The standard InChI is InChI=1S/C25H21FN2O2/c1-28(16-17-6-5-7-20(14-17)30-2)25(29)22-15-24(18-10-12-19(26)13-11-18)27-23-9-4-3-8-21(22)23/h3-15H,16H2,1-2H3. The lowest BCUT2D eigenvalue weighted by molar-refractivity contribution is 0.0787. The molecule has 150 valence electrons. The smallest absolute Gasteiger partial charge is 0.254 e. The molecule has 0 aliphatic rings. The van der Waals surface area contributed by atoms with E-state index in [-0.39, 0.29) is 11.7 Å². The monoisotopic (exact) mass is 400 g/mol. The summed E-state index contributed by atoms with van der Waals surface area (Å²) in [5.74, 6) is 0.329. The zero-order valence-corrected chi connectivity index (χ0v) is 16.8. The van der Waals surface area contributed by atoms with Gasteiger partial charge in [-0.3, -0.25) is 4.79 Å². The highest BCUT2D eigenvalue weighted by Gasteiger charge is 2.18. The van der Waals surface area contributed by atoms with E-state index in [1.807, 2.05) is 48.5 Å². The number of carbonyl (C=O) groups is 1. The van der Waals surface area contributed by atoms with Crippen molar-refractivity contribution < 1.29 is 13.9 Å². The minimum Gasteiger partial charge on any atom is -0.497 e. The van der Waals surface area contributed by atoms with Crippen LogP contribution < -0.4 is 4.74 Å². The third-order valence-corrected chi connectivity index (χ3v) is 4.99. The van der Waals surface area contributed by atoms with Crippen LogP contribution in [0, 0.1) is 5.82 Å². The SMILES string of the molecule is COc1cccc(CN(C)C(=O)c2cc(-c3ccc(F)cc3)nc3ccccc23)c1. The van der Waals surface area contributed by atoms with E-state index < -0.39 is 0 Å². The minimum absolute atomic E-state index is 0.111. The minimum atomic E-state index is -0.311. The molecule has 0 aliphatic heterocycles. The molecular weight excluding hydrogens is 379 g/mol. The van der Waals surface area contributed by atoms with Crippen molar-refractivity contribution in [1.29, 1.82) is 0 Å². The summed E-state index contributed by atoms with van der Waals surface area (Å²) in [4.78, 5) is 19.7. The summed E-state index contributed by atoms with van der Waals surface area (Å²) in [6.07, 6.45) is 0. The number of nitrogens with zero attached hydrogens (tertiary/aromatic N) is 2. The van der Waals surface area contributed by atoms with Gasteiger partial charge in [0.1, 0.15) is 11.6 Å². The Kier molecular flexibility index (Phi) is 5.44. The van der Waals surface area contributed by atoms with Crippen molar-refractivity contribution in [3.63, 3.8) is 0 Å². The number of benzene rings is 3. The first-order valence-electron chi connectivity index (χ1n) is 9.59. The second-order valence-electron chi connectivity index (χ2n) is 7.09. The molecule has 1 heterocycles. The lowest BCUT2D eigenvalue weighted by atomic mass is 10.0. The number of carbonyl (C=O) groups excluding carboxylic acids is 1. The van der Waals surface area contributed by atoms with Gasteiger partial charge in [0, 0.05) is 24.5 Å². The summed E-state index contributed by atoms with van der Waals surface area (Å²) in [6, 6.07) is 23.1. The van der Waals surface area contributed by atoms with Crippen LogP contribution in [0.15, 0.2) is 78.9 Å². The van der Waals surface area contributed by atoms with E-state index in [0.717, 1.165) is 27.8 Å². The topological polar surface area (TPSA) is 42.4 Å². The van der Waals surface area contributed by atoms with Gasteiger partial charge >= 0.3 is 0 Å². The summed E-state index contributed by atoms with van der Waals surface area (Å²) < 4.78 is 18.6. The van der Waals surface area contributed by atoms with Crippen LogP contribution in [0.2, 0.25) is 0 Å². The second-order valence-corrected chi connectivity index (χ2v) is 7.09. The lowest BCUT2D eigenvalue weighted by Gasteiger charge is -2.19. The maximum atomic E-state index is 13.4. The highest BCUT2D eigenvalue weighted by molar-refractivity contribution is 6.07. The maximum absolute atomic E-state index is 13.4. The van der Waals surface area contributed by atoms with Crippen LogP contribution in [0.4, 0.5) is 4.39 Å². The summed E-state index contributed by atoms with van der Waals surface area (Å²) >= 11 is 0. The summed E-state index contributed by atoms with van der Waals surface area (Å²) in [6.45, 7) is 0.443. The average molecular weight is 400 g/mol. The number of halogens is 1. The van der Waals surface area contributed by atoms with E-state index in [0.29, 0.717) is 17.8 Å². The van der Waals surface area contributed by atoms with E-state index in [4.69, 9.17) is 4.74 Å². The number of aromatic nitrogens is 1. The summed E-state index contributed by atoms with van der Waals surface area (Å²) in [5.41, 5.74) is 3.64. The molecule has 4 nitrogen and oxygen atoms in total. The van der Waals surface area contributed by atoms with Gasteiger partial charge < -0.3 is 9.64 Å². The zero-order chi connectivity index (χ0) is 21.1. The Hall–Kier alpha value is -3.73. The van der Waals surface area contributed by atoms with E-state index in [9.17, 15) is 9.18 Å². The third kappa shape index (κ3) is 4.01. The Morgan fingerprint density at radius 1 is 1.00 bits per heavy atom. The number of hydrogen-bond donors (Lipinski definition) is 0. The van der Waals surface area contributed by atoms with Crippen LogP contribution in [-0.4, -0.2) is 29.9 Å². The predicted octanol–water partition coefficient (Wildman–Crippen LogP) is 5.32. The number of rotatable bonds is 5.